The lowest BCUT2D eigenvalue weighted by atomic mass is 9.84. The Labute approximate surface area is 308 Å². The predicted octanol–water partition coefficient (Wildman–Crippen LogP) is 7.03. The normalized spacial score (nSPS) is 15.0. The van der Waals surface area contributed by atoms with Crippen molar-refractivity contribution in [3.63, 3.8) is 0 Å². The van der Waals surface area contributed by atoms with Crippen molar-refractivity contribution in [2.24, 2.45) is 0 Å². The van der Waals surface area contributed by atoms with Crippen LogP contribution in [0.2, 0.25) is 5.02 Å². The van der Waals surface area contributed by atoms with E-state index < -0.39 is 32.1 Å². The lowest BCUT2D eigenvalue weighted by Crippen LogP contribution is -2.43. The van der Waals surface area contributed by atoms with Gasteiger partial charge in [-0.05, 0) is 106 Å². The monoisotopic (exact) mass is 751 g/mol. The first-order chi connectivity index (χ1) is 24.4. The highest BCUT2D eigenvalue weighted by molar-refractivity contribution is 7.99. The number of anilines is 2. The summed E-state index contributed by atoms with van der Waals surface area (Å²) in [5.74, 6) is -0.204. The number of thioether (sulfide) groups is 1. The number of halogens is 1. The number of carbonyl (C=O) groups excluding carboxylic acids is 1. The molecule has 1 fully saturated rings. The molecule has 1 aliphatic heterocycles. The van der Waals surface area contributed by atoms with Gasteiger partial charge in [0.05, 0.1) is 15.4 Å². The van der Waals surface area contributed by atoms with Crippen LogP contribution in [-0.2, 0) is 20.4 Å². The summed E-state index contributed by atoms with van der Waals surface area (Å²) >= 11 is 7.87. The average Bonchev–Trinajstić information content (AvgIpc) is 3.13. The third-order valence-electron chi connectivity index (χ3n) is 8.99. The molecule has 0 saturated carbocycles. The topological polar surface area (TPSA) is 134 Å². The molecule has 1 atom stereocenters. The smallest absolute Gasteiger partial charge is 0.293 e. The zero-order valence-electron chi connectivity index (χ0n) is 28.8. The molecule has 0 spiro atoms. The summed E-state index contributed by atoms with van der Waals surface area (Å²) in [6.07, 6.45) is 2.16. The van der Waals surface area contributed by atoms with Crippen LogP contribution in [0.25, 0.3) is 0 Å². The van der Waals surface area contributed by atoms with E-state index in [0.717, 1.165) is 41.6 Å². The second-order valence-electron chi connectivity index (χ2n) is 12.7. The molecule has 4 aromatic carbocycles. The zero-order valence-corrected chi connectivity index (χ0v) is 31.1. The Bertz CT molecular complexity index is 1920. The van der Waals surface area contributed by atoms with E-state index in [1.165, 1.54) is 12.1 Å². The summed E-state index contributed by atoms with van der Waals surface area (Å²) in [5, 5.41) is 16.0. The van der Waals surface area contributed by atoms with Gasteiger partial charge in [0.1, 0.15) is 5.69 Å². The van der Waals surface area contributed by atoms with Crippen molar-refractivity contribution < 1.29 is 22.9 Å². The maximum absolute atomic E-state index is 13.3. The number of hydrogen-bond donors (Lipinski definition) is 2. The van der Waals surface area contributed by atoms with Gasteiger partial charge < -0.3 is 19.9 Å². The highest BCUT2D eigenvalue weighted by atomic mass is 35.5. The molecule has 0 radical (unpaired) electrons. The molecule has 0 unspecified atom stereocenters. The molecule has 5 rings (SSSR count). The number of nitro groups is 1. The SMILES string of the molecule is COC1(c2cccc(Cl)c2)CCN(c2ccc(C(=O)NS(=O)(=O)c3ccc(N[C@H](CCN(C)C)CSc4ccccc4)c([N+](=O)[O-])c3)cc2)CC1. The van der Waals surface area contributed by atoms with Gasteiger partial charge >= 0.3 is 0 Å². The molecule has 1 saturated heterocycles. The highest BCUT2D eigenvalue weighted by Gasteiger charge is 2.36. The van der Waals surface area contributed by atoms with Crippen LogP contribution in [0.4, 0.5) is 17.1 Å². The molecule has 0 aliphatic carbocycles. The Morgan fingerprint density at radius 2 is 1.73 bits per heavy atom. The highest BCUT2D eigenvalue weighted by Crippen LogP contribution is 2.38. The van der Waals surface area contributed by atoms with E-state index in [0.29, 0.717) is 30.3 Å². The van der Waals surface area contributed by atoms with E-state index >= 15 is 0 Å². The lowest BCUT2D eigenvalue weighted by Gasteiger charge is -2.42. The fourth-order valence-electron chi connectivity index (χ4n) is 6.07. The predicted molar refractivity (Wildman–Crippen MR) is 204 cm³/mol. The molecule has 0 aromatic heterocycles. The number of ether oxygens (including phenoxy) is 1. The van der Waals surface area contributed by atoms with Crippen molar-refractivity contribution in [1.29, 1.82) is 0 Å². The van der Waals surface area contributed by atoms with Gasteiger partial charge in [-0.25, -0.2) is 13.1 Å². The van der Waals surface area contributed by atoms with Crippen molar-refractivity contribution in [3.05, 3.63) is 123 Å². The number of nitrogens with one attached hydrogen (secondary N) is 2. The zero-order chi connectivity index (χ0) is 36.6. The maximum atomic E-state index is 13.3. The van der Waals surface area contributed by atoms with Gasteiger partial charge in [0.2, 0.25) is 0 Å². The van der Waals surface area contributed by atoms with Gasteiger partial charge in [0, 0.05) is 59.2 Å². The van der Waals surface area contributed by atoms with Crippen LogP contribution in [0, 0.1) is 10.1 Å². The Morgan fingerprint density at radius 1 is 1.02 bits per heavy atom. The van der Waals surface area contributed by atoms with Crippen molar-refractivity contribution >= 4 is 56.4 Å². The van der Waals surface area contributed by atoms with Crippen LogP contribution in [0.15, 0.2) is 107 Å². The molecule has 4 aromatic rings. The number of piperidine rings is 1. The van der Waals surface area contributed by atoms with E-state index in [9.17, 15) is 23.3 Å². The van der Waals surface area contributed by atoms with Gasteiger partial charge in [-0.3, -0.25) is 14.9 Å². The van der Waals surface area contributed by atoms with E-state index in [2.05, 4.69) is 14.9 Å². The number of sulfonamides is 1. The molecule has 14 heteroatoms. The second kappa shape index (κ2) is 16.9. The van der Waals surface area contributed by atoms with Gasteiger partial charge in [-0.15, -0.1) is 11.8 Å². The lowest BCUT2D eigenvalue weighted by molar-refractivity contribution is -0.384. The molecule has 270 valence electrons. The number of nitrogens with zero attached hydrogens (tertiary/aromatic N) is 3. The first-order valence-electron chi connectivity index (χ1n) is 16.5. The third kappa shape index (κ3) is 9.80. The number of rotatable bonds is 15. The van der Waals surface area contributed by atoms with Gasteiger partial charge in [-0.1, -0.05) is 41.9 Å². The van der Waals surface area contributed by atoms with Crippen LogP contribution in [0.1, 0.15) is 35.2 Å². The van der Waals surface area contributed by atoms with Crippen molar-refractivity contribution in [3.8, 4) is 0 Å². The summed E-state index contributed by atoms with van der Waals surface area (Å²) in [6, 6.07) is 27.7. The minimum atomic E-state index is -4.43. The van der Waals surface area contributed by atoms with Gasteiger partial charge in [-0.2, -0.15) is 0 Å². The Hall–Kier alpha value is -4.14. The summed E-state index contributed by atoms with van der Waals surface area (Å²) in [6.45, 7) is 2.15. The minimum Gasteiger partial charge on any atom is -0.376 e. The maximum Gasteiger partial charge on any atom is 0.293 e. The molecule has 1 amide bonds. The van der Waals surface area contributed by atoms with Crippen LogP contribution in [0.5, 0.6) is 0 Å². The largest absolute Gasteiger partial charge is 0.376 e. The number of nitro benzene ring substituents is 1. The first-order valence-corrected chi connectivity index (χ1v) is 19.3. The van der Waals surface area contributed by atoms with Crippen molar-refractivity contribution in [2.75, 3.05) is 56.8 Å². The number of amides is 1. The van der Waals surface area contributed by atoms with Crippen LogP contribution in [0.3, 0.4) is 0 Å². The summed E-state index contributed by atoms with van der Waals surface area (Å²) in [7, 11) is 1.19. The first kappa shape index (κ1) is 38.1. The molecule has 0 bridgehead atoms. The second-order valence-corrected chi connectivity index (χ2v) is 15.9. The number of benzene rings is 4. The fourth-order valence-corrected chi connectivity index (χ4v) is 8.25. The standard InChI is InChI=1S/C37H42ClN5O6S2/c1-41(2)21-18-30(26-50-32-10-5-4-6-11-32)39-34-17-16-33(25-35(34)43(45)46)51(47,48)40-36(44)27-12-14-31(15-13-27)42-22-19-37(49-3,20-23-42)28-8-7-9-29(38)24-28/h4-17,24-25,30,39H,18-23,26H2,1-3H3,(H,40,44)/t30-/m1/s1. The van der Waals surface area contributed by atoms with Crippen LogP contribution in [-0.4, -0.2) is 76.8 Å². The Morgan fingerprint density at radius 3 is 2.35 bits per heavy atom. The molecule has 1 aliphatic rings. The van der Waals surface area contributed by atoms with E-state index in [1.54, 1.807) is 43.1 Å². The number of methoxy groups -OCH3 is 1. The number of hydrogen-bond acceptors (Lipinski definition) is 10. The van der Waals surface area contributed by atoms with Gasteiger partial charge in [0.25, 0.3) is 21.6 Å². The summed E-state index contributed by atoms with van der Waals surface area (Å²) < 4.78 is 34.6. The average molecular weight is 752 g/mol. The summed E-state index contributed by atoms with van der Waals surface area (Å²) in [5.41, 5.74) is 1.40. The number of carbonyl (C=O) groups is 1. The van der Waals surface area contributed by atoms with Gasteiger partial charge in [0.15, 0.2) is 0 Å². The Balaban J connectivity index is 1.24. The molecule has 51 heavy (non-hydrogen) atoms. The quantitative estimate of drug-likeness (QED) is 0.0741. The molecule has 1 heterocycles. The Kier molecular flexibility index (Phi) is 12.6. The van der Waals surface area contributed by atoms with Crippen LogP contribution >= 0.6 is 23.4 Å². The molecule has 11 nitrogen and oxygen atoms in total. The van der Waals surface area contributed by atoms with Crippen molar-refractivity contribution in [1.82, 2.24) is 9.62 Å². The van der Waals surface area contributed by atoms with E-state index in [1.807, 2.05) is 73.6 Å². The fraction of sp³-hybridized carbons (Fsp3) is 0.324. The molecular formula is C37H42ClN5O6S2. The van der Waals surface area contributed by atoms with E-state index in [4.69, 9.17) is 16.3 Å². The van der Waals surface area contributed by atoms with E-state index in [-0.39, 0.29) is 22.2 Å². The molecular weight excluding hydrogens is 710 g/mol. The summed E-state index contributed by atoms with van der Waals surface area (Å²) in [4.78, 5) is 29.5. The molecule has 2 N–H and O–H groups in total. The minimum absolute atomic E-state index is 0.136. The van der Waals surface area contributed by atoms with Crippen molar-refractivity contribution in [2.45, 2.75) is 40.7 Å². The van der Waals surface area contributed by atoms with Crippen LogP contribution < -0.4 is 14.9 Å². The third-order valence-corrected chi connectivity index (χ3v) is 11.7.